The first-order valence-corrected chi connectivity index (χ1v) is 13.8. The molecule has 0 spiro atoms. The topological polar surface area (TPSA) is 84.4 Å². The number of carbonyl (C=O) groups is 2. The van der Waals surface area contributed by atoms with Crippen molar-refractivity contribution in [3.05, 3.63) is 77.3 Å². The largest absolute Gasteiger partial charge is 0.412 e. The number of benzene rings is 2. The van der Waals surface area contributed by atoms with Gasteiger partial charge in [-0.25, -0.2) is 14.2 Å². The summed E-state index contributed by atoms with van der Waals surface area (Å²) in [6.45, 7) is 0.862. The number of likely N-dealkylation sites (tertiary alicyclic amines) is 1. The molecule has 1 saturated carbocycles. The minimum atomic E-state index is -0.585. The van der Waals surface area contributed by atoms with Gasteiger partial charge in [0.15, 0.2) is 5.75 Å². The van der Waals surface area contributed by atoms with Gasteiger partial charge in [-0.05, 0) is 61.9 Å². The zero-order chi connectivity index (χ0) is 26.1. The van der Waals surface area contributed by atoms with Gasteiger partial charge in [-0.15, -0.1) is 11.3 Å². The molecule has 4 aromatic rings. The lowest BCUT2D eigenvalue weighted by molar-refractivity contribution is 0.0607. The minimum absolute atomic E-state index is 0.148. The van der Waals surface area contributed by atoms with Crippen LogP contribution in [-0.4, -0.2) is 46.0 Å². The van der Waals surface area contributed by atoms with E-state index in [4.69, 9.17) is 9.72 Å². The average Bonchev–Trinajstić information content (AvgIpc) is 3.71. The summed E-state index contributed by atoms with van der Waals surface area (Å²) in [5, 5.41) is 4.69. The van der Waals surface area contributed by atoms with E-state index in [-0.39, 0.29) is 24.3 Å². The van der Waals surface area contributed by atoms with Crippen molar-refractivity contribution >= 4 is 34.2 Å². The third-order valence-corrected chi connectivity index (χ3v) is 8.31. The number of thiazole rings is 1. The molecule has 2 aromatic heterocycles. The molecule has 1 saturated heterocycles. The second-order valence-corrected chi connectivity index (χ2v) is 10.8. The number of aromatic nitrogens is 2. The van der Waals surface area contributed by atoms with Gasteiger partial charge in [-0.2, -0.15) is 0 Å². The SMILES string of the molecule is O=C(NC[C@@H]1CCCCN1C(=O)c1nc(C2CC2)sc1-c1ccc(F)cc1)Oc1cccc2cccnc12. The third kappa shape index (κ3) is 5.11. The van der Waals surface area contributed by atoms with Crippen LogP contribution in [0.1, 0.15) is 53.5 Å². The van der Waals surface area contributed by atoms with E-state index < -0.39 is 6.09 Å². The summed E-state index contributed by atoms with van der Waals surface area (Å²) >= 11 is 1.53. The molecule has 1 N–H and O–H groups in total. The molecule has 194 valence electrons. The van der Waals surface area contributed by atoms with Crippen molar-refractivity contribution in [2.24, 2.45) is 0 Å². The van der Waals surface area contributed by atoms with E-state index in [1.165, 1.54) is 23.5 Å². The van der Waals surface area contributed by atoms with Gasteiger partial charge in [-0.3, -0.25) is 9.78 Å². The van der Waals surface area contributed by atoms with Crippen molar-refractivity contribution in [3.8, 4) is 16.2 Å². The van der Waals surface area contributed by atoms with Gasteiger partial charge < -0.3 is 15.0 Å². The molecule has 0 unspecified atom stereocenters. The molecule has 6 rings (SSSR count). The molecule has 2 amide bonds. The second-order valence-electron chi connectivity index (χ2n) is 9.76. The first-order valence-electron chi connectivity index (χ1n) is 12.9. The maximum absolute atomic E-state index is 13.9. The van der Waals surface area contributed by atoms with Crippen LogP contribution in [-0.2, 0) is 0 Å². The molecule has 3 heterocycles. The highest BCUT2D eigenvalue weighted by atomic mass is 32.1. The molecule has 7 nitrogen and oxygen atoms in total. The Kier molecular flexibility index (Phi) is 6.76. The van der Waals surface area contributed by atoms with E-state index in [1.807, 2.05) is 29.2 Å². The summed E-state index contributed by atoms with van der Waals surface area (Å²) in [5.41, 5.74) is 1.82. The second kappa shape index (κ2) is 10.5. The van der Waals surface area contributed by atoms with Crippen molar-refractivity contribution in [1.82, 2.24) is 20.2 Å². The molecule has 2 fully saturated rings. The fraction of sp³-hybridized carbons (Fsp3) is 0.310. The number of halogens is 1. The van der Waals surface area contributed by atoms with E-state index >= 15 is 0 Å². The van der Waals surface area contributed by atoms with Gasteiger partial charge in [0.25, 0.3) is 5.91 Å². The summed E-state index contributed by atoms with van der Waals surface area (Å²) in [7, 11) is 0. The number of hydrogen-bond donors (Lipinski definition) is 1. The molecule has 9 heteroatoms. The quantitative estimate of drug-likeness (QED) is 0.323. The Bertz CT molecular complexity index is 1480. The highest BCUT2D eigenvalue weighted by molar-refractivity contribution is 7.15. The summed E-state index contributed by atoms with van der Waals surface area (Å²) in [4.78, 5) is 38.2. The van der Waals surface area contributed by atoms with Crippen molar-refractivity contribution in [2.75, 3.05) is 13.1 Å². The zero-order valence-electron chi connectivity index (χ0n) is 20.7. The Labute approximate surface area is 223 Å². The Morgan fingerprint density at radius 1 is 1.05 bits per heavy atom. The normalized spacial score (nSPS) is 17.4. The van der Waals surface area contributed by atoms with Crippen LogP contribution < -0.4 is 10.1 Å². The number of hydrogen-bond acceptors (Lipinski definition) is 6. The highest BCUT2D eigenvalue weighted by Crippen LogP contribution is 2.45. The van der Waals surface area contributed by atoms with Crippen molar-refractivity contribution < 1.29 is 18.7 Å². The molecular formula is C29H27FN4O3S. The zero-order valence-corrected chi connectivity index (χ0v) is 21.5. The fourth-order valence-electron chi connectivity index (χ4n) is 4.90. The maximum Gasteiger partial charge on any atom is 0.412 e. The van der Waals surface area contributed by atoms with Crippen LogP contribution in [0.5, 0.6) is 5.75 Å². The van der Waals surface area contributed by atoms with Crippen LogP contribution in [0.4, 0.5) is 9.18 Å². The molecule has 2 aliphatic rings. The van der Waals surface area contributed by atoms with Gasteiger partial charge >= 0.3 is 6.09 Å². The van der Waals surface area contributed by atoms with Crippen LogP contribution in [0.2, 0.25) is 0 Å². The summed E-state index contributed by atoms with van der Waals surface area (Å²) in [6, 6.07) is 15.2. The summed E-state index contributed by atoms with van der Waals surface area (Å²) < 4.78 is 19.1. The number of piperidine rings is 1. The predicted molar refractivity (Wildman–Crippen MR) is 144 cm³/mol. The average molecular weight is 531 g/mol. The lowest BCUT2D eigenvalue weighted by Gasteiger charge is -2.35. The van der Waals surface area contributed by atoms with Crippen LogP contribution in [0.15, 0.2) is 60.8 Å². The van der Waals surface area contributed by atoms with Crippen molar-refractivity contribution in [2.45, 2.75) is 44.1 Å². The summed E-state index contributed by atoms with van der Waals surface area (Å²) in [6.07, 6.45) is 5.86. The number of pyridine rings is 1. The summed E-state index contributed by atoms with van der Waals surface area (Å²) in [5.74, 6) is 0.321. The Morgan fingerprint density at radius 3 is 2.68 bits per heavy atom. The molecule has 1 atom stereocenters. The third-order valence-electron chi connectivity index (χ3n) is 7.05. The van der Waals surface area contributed by atoms with Gasteiger partial charge in [0, 0.05) is 36.6 Å². The van der Waals surface area contributed by atoms with E-state index in [0.717, 1.165) is 52.9 Å². The number of ether oxygens (including phenoxy) is 1. The van der Waals surface area contributed by atoms with E-state index in [9.17, 15) is 14.0 Å². The monoisotopic (exact) mass is 530 g/mol. The molecule has 0 radical (unpaired) electrons. The minimum Gasteiger partial charge on any atom is -0.408 e. The maximum atomic E-state index is 13.9. The lowest BCUT2D eigenvalue weighted by Crippen LogP contribution is -2.50. The molecule has 1 aliphatic heterocycles. The number of para-hydroxylation sites is 1. The van der Waals surface area contributed by atoms with Crippen LogP contribution >= 0.6 is 11.3 Å². The predicted octanol–water partition coefficient (Wildman–Crippen LogP) is 6.16. The lowest BCUT2D eigenvalue weighted by atomic mass is 10.0. The number of nitrogens with zero attached hydrogens (tertiary/aromatic N) is 3. The molecule has 38 heavy (non-hydrogen) atoms. The van der Waals surface area contributed by atoms with Gasteiger partial charge in [-0.1, -0.05) is 30.3 Å². The Morgan fingerprint density at radius 2 is 1.87 bits per heavy atom. The van der Waals surface area contributed by atoms with Gasteiger partial charge in [0.05, 0.1) is 9.88 Å². The van der Waals surface area contributed by atoms with Crippen molar-refractivity contribution in [3.63, 3.8) is 0 Å². The number of nitrogens with one attached hydrogen (secondary N) is 1. The first kappa shape index (κ1) is 24.5. The highest BCUT2D eigenvalue weighted by Gasteiger charge is 2.34. The Hall–Kier alpha value is -3.85. The van der Waals surface area contributed by atoms with Crippen LogP contribution in [0.25, 0.3) is 21.3 Å². The van der Waals surface area contributed by atoms with E-state index in [1.54, 1.807) is 24.4 Å². The van der Waals surface area contributed by atoms with Gasteiger partial charge in [0.1, 0.15) is 17.0 Å². The smallest absolute Gasteiger partial charge is 0.408 e. The molecular weight excluding hydrogens is 503 g/mol. The number of amides is 2. The van der Waals surface area contributed by atoms with Crippen LogP contribution in [0, 0.1) is 5.82 Å². The van der Waals surface area contributed by atoms with Crippen molar-refractivity contribution in [1.29, 1.82) is 0 Å². The van der Waals surface area contributed by atoms with E-state index in [2.05, 4.69) is 10.3 Å². The number of rotatable bonds is 6. The number of carbonyl (C=O) groups excluding carboxylic acids is 2. The first-order chi connectivity index (χ1) is 18.6. The number of fused-ring (bicyclic) bond motifs is 1. The van der Waals surface area contributed by atoms with Gasteiger partial charge in [0.2, 0.25) is 0 Å². The Balaban J connectivity index is 1.18. The van der Waals surface area contributed by atoms with Crippen LogP contribution in [0.3, 0.4) is 0 Å². The standard InChI is InChI=1S/C29H27FN4O3S/c30-21-13-11-19(12-14-21)26-25(33-27(38-26)20-9-10-20)28(35)34-16-2-1-7-22(34)17-32-29(36)37-23-8-3-5-18-6-4-15-31-24(18)23/h3-6,8,11-15,20,22H,1-2,7,9-10,16-17H2,(H,32,36)/t22-/m0/s1. The molecule has 0 bridgehead atoms. The van der Waals surface area contributed by atoms with E-state index in [0.29, 0.717) is 29.4 Å². The fourth-order valence-corrected chi connectivity index (χ4v) is 6.13. The molecule has 2 aromatic carbocycles. The molecule has 1 aliphatic carbocycles.